The maximum atomic E-state index is 8.93. The van der Waals surface area contributed by atoms with Crippen LogP contribution in [0.4, 0.5) is 0 Å². The number of rotatable bonds is 0. The third kappa shape index (κ3) is 36.0. The predicted molar refractivity (Wildman–Crippen MR) is 30.0 cm³/mol. The monoisotopic (exact) mass is 563 g/mol. The summed E-state index contributed by atoms with van der Waals surface area (Å²) in [6.07, 6.45) is 0. The Hall–Kier alpha value is -0.518. The minimum atomic E-state index is -2.19. The molecule has 109 valence electrons. The van der Waals surface area contributed by atoms with Crippen molar-refractivity contribution in [3.8, 4) is 0 Å². The number of carboxylic acid groups (broad SMARTS) is 6. The molecule has 0 aliphatic carbocycles. The van der Waals surface area contributed by atoms with Gasteiger partial charge in [0.1, 0.15) is 0 Å². The molecule has 0 N–H and O–H groups in total. The van der Waals surface area contributed by atoms with Crippen LogP contribution < -0.4 is 30.6 Å². The first kappa shape index (κ1) is 31.7. The van der Waals surface area contributed by atoms with E-state index in [2.05, 4.69) is 0 Å². The van der Waals surface area contributed by atoms with Gasteiger partial charge in [-0.1, -0.05) is 0 Å². The van der Waals surface area contributed by atoms with Crippen molar-refractivity contribution in [1.82, 2.24) is 0 Å². The van der Waals surface area contributed by atoms with Gasteiger partial charge in [0.25, 0.3) is 0 Å². The molecule has 0 fully saturated rings. The van der Waals surface area contributed by atoms with E-state index in [1.54, 1.807) is 0 Å². The van der Waals surface area contributed by atoms with Crippen LogP contribution in [0.25, 0.3) is 0 Å². The van der Waals surface area contributed by atoms with Gasteiger partial charge in [0.2, 0.25) is 0 Å². The molecule has 12 nitrogen and oxygen atoms in total. The van der Waals surface area contributed by atoms with Crippen LogP contribution >= 0.6 is 0 Å². The standard InChI is InChI=1S/3C2H2O4.Ce.Tb/c3*3-1(4)2(5)6;;/h3*(H,3,4)(H,5,6);;/q;;;2*+3/p-6. The third-order valence-corrected chi connectivity index (χ3v) is 0.500. The van der Waals surface area contributed by atoms with Crippen LogP contribution in [-0.2, 0) is 28.8 Å². The average molecular weight is 563 g/mol. The van der Waals surface area contributed by atoms with Crippen LogP contribution in [0.2, 0.25) is 0 Å². The minimum Gasteiger partial charge on any atom is -0.543 e. The number of hydrogen-bond acceptors (Lipinski definition) is 12. The third-order valence-electron chi connectivity index (χ3n) is 0.500. The van der Waals surface area contributed by atoms with Crippen molar-refractivity contribution in [3.63, 3.8) is 0 Å². The van der Waals surface area contributed by atoms with E-state index < -0.39 is 35.8 Å². The van der Waals surface area contributed by atoms with E-state index in [4.69, 9.17) is 59.4 Å². The Morgan fingerprint density at radius 2 is 0.450 bits per heavy atom. The van der Waals surface area contributed by atoms with Crippen molar-refractivity contribution >= 4 is 35.8 Å². The van der Waals surface area contributed by atoms with Gasteiger partial charge in [0, 0.05) is 0 Å². The Morgan fingerprint density at radius 3 is 0.450 bits per heavy atom. The molecular weight excluding hydrogens is 563 g/mol. The second kappa shape index (κ2) is 18.5. The van der Waals surface area contributed by atoms with Crippen LogP contribution in [0.3, 0.4) is 0 Å². The first-order chi connectivity index (χ1) is 7.93. The van der Waals surface area contributed by atoms with E-state index in [0.717, 1.165) is 0 Å². The number of carbonyl (C=O) groups excluding carboxylic acids is 6. The largest absolute Gasteiger partial charge is 3.00 e. The molecule has 20 heavy (non-hydrogen) atoms. The van der Waals surface area contributed by atoms with Gasteiger partial charge in [-0.05, 0) is 0 Å². The average Bonchev–Trinajstić information content (AvgIpc) is 2.18. The fourth-order valence-corrected chi connectivity index (χ4v) is 0. The van der Waals surface area contributed by atoms with Crippen molar-refractivity contribution in [1.29, 1.82) is 0 Å². The summed E-state index contributed by atoms with van der Waals surface area (Å²) < 4.78 is 0. The molecule has 0 atom stereocenters. The second-order valence-corrected chi connectivity index (χ2v) is 1.72. The van der Waals surface area contributed by atoms with E-state index in [-0.39, 0.29) is 80.4 Å². The van der Waals surface area contributed by atoms with E-state index in [0.29, 0.717) is 0 Å². The van der Waals surface area contributed by atoms with Gasteiger partial charge in [0.05, 0.1) is 35.8 Å². The molecule has 0 saturated heterocycles. The van der Waals surface area contributed by atoms with Crippen molar-refractivity contribution in [2.75, 3.05) is 0 Å². The van der Waals surface area contributed by atoms with Gasteiger partial charge < -0.3 is 59.4 Å². The number of carboxylic acids is 6. The van der Waals surface area contributed by atoms with Crippen LogP contribution in [0, 0.1) is 80.4 Å². The van der Waals surface area contributed by atoms with Crippen molar-refractivity contribution < 1.29 is 140 Å². The van der Waals surface area contributed by atoms with Gasteiger partial charge >= 0.3 is 80.4 Å². The zero-order valence-corrected chi connectivity index (χ0v) is 14.0. The Labute approximate surface area is 173 Å². The first-order valence-corrected chi connectivity index (χ1v) is 3.20. The molecule has 0 bridgehead atoms. The molecule has 0 saturated carbocycles. The van der Waals surface area contributed by atoms with E-state index in [9.17, 15) is 0 Å². The van der Waals surface area contributed by atoms with Gasteiger partial charge in [-0.25, -0.2) is 0 Å². The fraction of sp³-hybridized carbons (Fsp3) is 0. The molecule has 14 heteroatoms. The number of hydrogen-bond donors (Lipinski definition) is 0. The van der Waals surface area contributed by atoms with Crippen LogP contribution in [0.1, 0.15) is 0 Å². The SMILES string of the molecule is O=C([O-])C(=O)[O-].O=C([O-])C(=O)[O-].O=C([O-])C(=O)[O-].[Ce+3].[Tb+3]. The van der Waals surface area contributed by atoms with Gasteiger partial charge in [-0.3, -0.25) is 0 Å². The summed E-state index contributed by atoms with van der Waals surface area (Å²) in [6.45, 7) is 0. The molecule has 0 aliphatic heterocycles. The molecule has 0 aromatic carbocycles. The summed E-state index contributed by atoms with van der Waals surface area (Å²) in [4.78, 5) is 53.6. The molecular formula is C6CeO12Tb. The molecule has 1 radical (unpaired) electrons. The summed E-state index contributed by atoms with van der Waals surface area (Å²) in [5.74, 6) is -13.1. The molecule has 0 rings (SSSR count). The van der Waals surface area contributed by atoms with E-state index >= 15 is 0 Å². The minimum absolute atomic E-state index is 0. The Morgan fingerprint density at radius 1 is 0.400 bits per heavy atom. The Kier molecular flexibility index (Phi) is 29.3. The Balaban J connectivity index is -0.0000000536. The maximum absolute atomic E-state index is 8.93. The molecule has 0 aromatic rings. The summed E-state index contributed by atoms with van der Waals surface area (Å²) in [6, 6.07) is 0. The molecule has 0 aromatic heterocycles. The maximum Gasteiger partial charge on any atom is 3.00 e. The van der Waals surface area contributed by atoms with Crippen molar-refractivity contribution in [2.24, 2.45) is 0 Å². The predicted octanol–water partition coefficient (Wildman–Crippen LogP) is -10.5. The molecule has 0 aliphatic rings. The quantitative estimate of drug-likeness (QED) is 0.250. The molecule has 0 unspecified atom stereocenters. The van der Waals surface area contributed by atoms with E-state index in [1.165, 1.54) is 0 Å². The van der Waals surface area contributed by atoms with E-state index in [1.807, 2.05) is 0 Å². The first-order valence-electron chi connectivity index (χ1n) is 3.20. The number of carbonyl (C=O) groups is 6. The normalized spacial score (nSPS) is 6.60. The van der Waals surface area contributed by atoms with Crippen molar-refractivity contribution in [2.45, 2.75) is 0 Å². The smallest absolute Gasteiger partial charge is 0.543 e. The Bertz CT molecular complexity index is 283. The van der Waals surface area contributed by atoms with Crippen molar-refractivity contribution in [3.05, 3.63) is 0 Å². The number of aliphatic carboxylic acids is 6. The molecule has 0 amide bonds. The van der Waals surface area contributed by atoms with Crippen LogP contribution in [-0.4, -0.2) is 35.8 Å². The summed E-state index contributed by atoms with van der Waals surface area (Å²) in [7, 11) is 0. The van der Waals surface area contributed by atoms with Gasteiger partial charge in [0.15, 0.2) is 0 Å². The van der Waals surface area contributed by atoms with Gasteiger partial charge in [-0.15, -0.1) is 0 Å². The second-order valence-electron chi connectivity index (χ2n) is 1.72. The summed E-state index contributed by atoms with van der Waals surface area (Å²) in [5.41, 5.74) is 0. The zero-order chi connectivity index (χ0) is 15.5. The van der Waals surface area contributed by atoms with Crippen LogP contribution in [0.5, 0.6) is 0 Å². The molecule has 0 heterocycles. The zero-order valence-electron chi connectivity index (χ0n) is 8.73. The fourth-order valence-electron chi connectivity index (χ4n) is 0. The summed E-state index contributed by atoms with van der Waals surface area (Å²) in [5, 5.41) is 53.6. The summed E-state index contributed by atoms with van der Waals surface area (Å²) >= 11 is 0. The van der Waals surface area contributed by atoms with Gasteiger partial charge in [-0.2, -0.15) is 0 Å². The van der Waals surface area contributed by atoms with Crippen LogP contribution in [0.15, 0.2) is 0 Å². The topological polar surface area (TPSA) is 241 Å². The molecule has 0 spiro atoms.